The average Bonchev–Trinajstić information content (AvgIpc) is 2.69. The number of hydrogen-bond acceptors (Lipinski definition) is 5. The van der Waals surface area contributed by atoms with Crippen LogP contribution in [0.1, 0.15) is 36.0 Å². The van der Waals surface area contributed by atoms with Gasteiger partial charge < -0.3 is 15.4 Å². The molecule has 0 radical (unpaired) electrons. The van der Waals surface area contributed by atoms with Crippen LogP contribution in [0.2, 0.25) is 0 Å². The summed E-state index contributed by atoms with van der Waals surface area (Å²) in [4.78, 5) is 32.1. The van der Waals surface area contributed by atoms with E-state index in [1.807, 2.05) is 6.07 Å². The van der Waals surface area contributed by atoms with Crippen LogP contribution in [0.3, 0.4) is 0 Å². The summed E-state index contributed by atoms with van der Waals surface area (Å²) in [7, 11) is 0. The van der Waals surface area contributed by atoms with Crippen molar-refractivity contribution >= 4 is 11.8 Å². The van der Waals surface area contributed by atoms with Gasteiger partial charge >= 0.3 is 6.01 Å². The largest absolute Gasteiger partial charge is 0.460 e. The Labute approximate surface area is 152 Å². The van der Waals surface area contributed by atoms with Crippen molar-refractivity contribution in [2.24, 2.45) is 0 Å². The van der Waals surface area contributed by atoms with Crippen LogP contribution >= 0.6 is 0 Å². The Kier molecular flexibility index (Phi) is 6.14. The van der Waals surface area contributed by atoms with Gasteiger partial charge in [-0.2, -0.15) is 0 Å². The summed E-state index contributed by atoms with van der Waals surface area (Å²) in [5, 5.41) is 5.61. The summed E-state index contributed by atoms with van der Waals surface area (Å²) in [5.74, 6) is -0.425. The molecule has 0 saturated heterocycles. The standard InChI is InChI=1S/C19H22N4O3/c24-17(13-22-18(25)14-5-2-1-3-6-14)23-15-7-9-16(10-8-15)26-19-20-11-4-12-21-19/h1-6,11-12,15-16H,7-10,13H2,(H,22,25)(H,23,24). The maximum absolute atomic E-state index is 12.0. The third-order valence-electron chi connectivity index (χ3n) is 4.30. The molecule has 1 aromatic carbocycles. The van der Waals surface area contributed by atoms with Crippen LogP contribution in [0, 0.1) is 0 Å². The summed E-state index contributed by atoms with van der Waals surface area (Å²) >= 11 is 0. The molecule has 136 valence electrons. The number of ether oxygens (including phenoxy) is 1. The molecule has 1 aliphatic rings. The maximum atomic E-state index is 12.0. The number of carbonyl (C=O) groups excluding carboxylic acids is 2. The van der Waals surface area contributed by atoms with Crippen molar-refractivity contribution in [1.82, 2.24) is 20.6 Å². The summed E-state index contributed by atoms with van der Waals surface area (Å²) in [6.45, 7) is -0.0258. The first-order valence-electron chi connectivity index (χ1n) is 8.77. The third kappa shape index (κ3) is 5.27. The molecular weight excluding hydrogens is 332 g/mol. The molecule has 1 aromatic heterocycles. The predicted molar refractivity (Wildman–Crippen MR) is 95.6 cm³/mol. The molecule has 7 heteroatoms. The first-order chi connectivity index (χ1) is 12.7. The van der Waals surface area contributed by atoms with Gasteiger partial charge in [0, 0.05) is 24.0 Å². The lowest BCUT2D eigenvalue weighted by Gasteiger charge is -2.28. The lowest BCUT2D eigenvalue weighted by Crippen LogP contribution is -2.44. The van der Waals surface area contributed by atoms with E-state index < -0.39 is 0 Å². The molecule has 0 bridgehead atoms. The Balaban J connectivity index is 1.36. The van der Waals surface area contributed by atoms with Crippen LogP contribution in [0.5, 0.6) is 6.01 Å². The van der Waals surface area contributed by atoms with E-state index in [1.165, 1.54) is 0 Å². The Morgan fingerprint density at radius 1 is 1.00 bits per heavy atom. The maximum Gasteiger partial charge on any atom is 0.316 e. The zero-order chi connectivity index (χ0) is 18.2. The molecule has 26 heavy (non-hydrogen) atoms. The van der Waals surface area contributed by atoms with E-state index in [9.17, 15) is 9.59 Å². The fourth-order valence-corrected chi connectivity index (χ4v) is 2.95. The van der Waals surface area contributed by atoms with Gasteiger partial charge in [-0.25, -0.2) is 9.97 Å². The Morgan fingerprint density at radius 3 is 2.38 bits per heavy atom. The van der Waals surface area contributed by atoms with Crippen molar-refractivity contribution in [3.63, 3.8) is 0 Å². The van der Waals surface area contributed by atoms with E-state index in [1.54, 1.807) is 42.7 Å². The molecule has 0 atom stereocenters. The van der Waals surface area contributed by atoms with E-state index >= 15 is 0 Å². The number of amides is 2. The topological polar surface area (TPSA) is 93.2 Å². The molecule has 2 amide bonds. The van der Waals surface area contributed by atoms with E-state index in [-0.39, 0.29) is 30.5 Å². The van der Waals surface area contributed by atoms with Gasteiger partial charge in [-0.3, -0.25) is 9.59 Å². The first kappa shape index (κ1) is 17.8. The van der Waals surface area contributed by atoms with Crippen molar-refractivity contribution in [3.8, 4) is 6.01 Å². The second-order valence-corrected chi connectivity index (χ2v) is 6.24. The molecule has 0 unspecified atom stereocenters. The zero-order valence-electron chi connectivity index (χ0n) is 14.4. The van der Waals surface area contributed by atoms with Gasteiger partial charge in [0.2, 0.25) is 5.91 Å². The monoisotopic (exact) mass is 354 g/mol. The summed E-state index contributed by atoms with van der Waals surface area (Å²) in [6.07, 6.45) is 6.70. The fraction of sp³-hybridized carbons (Fsp3) is 0.368. The summed E-state index contributed by atoms with van der Waals surface area (Å²) in [5.41, 5.74) is 0.543. The van der Waals surface area contributed by atoms with Gasteiger partial charge in [0.1, 0.15) is 6.10 Å². The van der Waals surface area contributed by atoms with E-state index in [4.69, 9.17) is 4.74 Å². The van der Waals surface area contributed by atoms with Gasteiger partial charge in [-0.1, -0.05) is 18.2 Å². The lowest BCUT2D eigenvalue weighted by molar-refractivity contribution is -0.121. The normalized spacial score (nSPS) is 19.4. The molecule has 1 saturated carbocycles. The van der Waals surface area contributed by atoms with Gasteiger partial charge in [-0.15, -0.1) is 0 Å². The molecule has 7 nitrogen and oxygen atoms in total. The number of benzene rings is 1. The molecule has 0 spiro atoms. The van der Waals surface area contributed by atoms with Crippen LogP contribution in [-0.4, -0.2) is 40.5 Å². The van der Waals surface area contributed by atoms with Crippen LogP contribution in [0.15, 0.2) is 48.8 Å². The molecule has 2 aromatic rings. The molecular formula is C19H22N4O3. The molecule has 3 rings (SSSR count). The highest BCUT2D eigenvalue weighted by atomic mass is 16.5. The van der Waals surface area contributed by atoms with E-state index in [0.717, 1.165) is 25.7 Å². The predicted octanol–water partition coefficient (Wildman–Crippen LogP) is 1.71. The van der Waals surface area contributed by atoms with Crippen molar-refractivity contribution in [2.45, 2.75) is 37.8 Å². The van der Waals surface area contributed by atoms with Crippen molar-refractivity contribution < 1.29 is 14.3 Å². The van der Waals surface area contributed by atoms with Gasteiger partial charge in [0.25, 0.3) is 5.91 Å². The Hall–Kier alpha value is -2.96. The molecule has 1 fully saturated rings. The Bertz CT molecular complexity index is 716. The van der Waals surface area contributed by atoms with Crippen molar-refractivity contribution in [3.05, 3.63) is 54.4 Å². The molecule has 2 N–H and O–H groups in total. The average molecular weight is 354 g/mol. The van der Waals surface area contributed by atoms with Crippen molar-refractivity contribution in [1.29, 1.82) is 0 Å². The van der Waals surface area contributed by atoms with Crippen LogP contribution < -0.4 is 15.4 Å². The number of nitrogens with zero attached hydrogens (tertiary/aromatic N) is 2. The van der Waals surface area contributed by atoms with Gasteiger partial charge in [-0.05, 0) is 43.9 Å². The Morgan fingerprint density at radius 2 is 1.69 bits per heavy atom. The van der Waals surface area contributed by atoms with E-state index in [2.05, 4.69) is 20.6 Å². The lowest BCUT2D eigenvalue weighted by atomic mass is 9.93. The van der Waals surface area contributed by atoms with E-state index in [0.29, 0.717) is 11.6 Å². The summed E-state index contributed by atoms with van der Waals surface area (Å²) in [6, 6.07) is 11.1. The molecule has 1 heterocycles. The molecule has 1 aliphatic carbocycles. The van der Waals surface area contributed by atoms with Crippen molar-refractivity contribution in [2.75, 3.05) is 6.54 Å². The SMILES string of the molecule is O=C(CNC(=O)c1ccccc1)NC1CCC(Oc2ncccn2)CC1. The zero-order valence-corrected chi connectivity index (χ0v) is 14.4. The minimum atomic E-state index is -0.249. The first-order valence-corrected chi connectivity index (χ1v) is 8.77. The van der Waals surface area contributed by atoms with Gasteiger partial charge in [0.05, 0.1) is 6.54 Å². The minimum Gasteiger partial charge on any atom is -0.460 e. The number of carbonyl (C=O) groups is 2. The minimum absolute atomic E-state index is 0.0258. The number of nitrogens with one attached hydrogen (secondary N) is 2. The third-order valence-corrected chi connectivity index (χ3v) is 4.30. The highest BCUT2D eigenvalue weighted by Crippen LogP contribution is 2.21. The highest BCUT2D eigenvalue weighted by molar-refractivity contribution is 5.96. The second kappa shape index (κ2) is 8.94. The molecule has 0 aliphatic heterocycles. The highest BCUT2D eigenvalue weighted by Gasteiger charge is 2.24. The quantitative estimate of drug-likeness (QED) is 0.824. The van der Waals surface area contributed by atoms with Crippen LogP contribution in [-0.2, 0) is 4.79 Å². The second-order valence-electron chi connectivity index (χ2n) is 6.24. The summed E-state index contributed by atoms with van der Waals surface area (Å²) < 4.78 is 5.74. The number of hydrogen-bond donors (Lipinski definition) is 2. The number of rotatable bonds is 6. The smallest absolute Gasteiger partial charge is 0.316 e. The van der Waals surface area contributed by atoms with Crippen LogP contribution in [0.25, 0.3) is 0 Å². The fourth-order valence-electron chi connectivity index (χ4n) is 2.95. The van der Waals surface area contributed by atoms with Crippen LogP contribution in [0.4, 0.5) is 0 Å². The number of aromatic nitrogens is 2. The van der Waals surface area contributed by atoms with Gasteiger partial charge in [0.15, 0.2) is 0 Å².